The Morgan fingerprint density at radius 2 is 2.35 bits per heavy atom. The molecule has 2 rings (SSSR count). The summed E-state index contributed by atoms with van der Waals surface area (Å²) < 4.78 is 9.20. The molecule has 2 aromatic heterocycles. The average Bonchev–Trinajstić information content (AvgIpc) is 2.86. The second-order valence-corrected chi connectivity index (χ2v) is 4.29. The molecule has 2 N–H and O–H groups in total. The van der Waals surface area contributed by atoms with Crippen LogP contribution in [0.4, 0.5) is 0 Å². The molecular weight excluding hydrogens is 236 g/mol. The molecule has 0 aliphatic rings. The fraction of sp³-hybridized carbons (Fsp3) is 0.364. The van der Waals surface area contributed by atoms with Gasteiger partial charge in [-0.3, -0.25) is 4.98 Å². The van der Waals surface area contributed by atoms with E-state index in [-0.39, 0.29) is 6.04 Å². The van der Waals surface area contributed by atoms with Gasteiger partial charge in [-0.05, 0) is 30.1 Å². The van der Waals surface area contributed by atoms with Crippen LogP contribution < -0.4 is 10.5 Å². The Labute approximate surface area is 104 Å². The van der Waals surface area contributed by atoms with E-state index in [4.69, 9.17) is 10.5 Å². The van der Waals surface area contributed by atoms with Gasteiger partial charge in [0.2, 0.25) is 0 Å². The van der Waals surface area contributed by atoms with Crippen LogP contribution in [0.25, 0.3) is 0 Å². The van der Waals surface area contributed by atoms with Crippen LogP contribution in [-0.4, -0.2) is 21.7 Å². The normalized spacial score (nSPS) is 12.4. The molecule has 0 amide bonds. The predicted octanol–water partition coefficient (Wildman–Crippen LogP) is 1.55. The van der Waals surface area contributed by atoms with Crippen molar-refractivity contribution in [3.05, 3.63) is 34.6 Å². The minimum atomic E-state index is -0.332. The van der Waals surface area contributed by atoms with E-state index in [0.717, 1.165) is 22.7 Å². The topological polar surface area (TPSA) is 73.9 Å². The molecule has 0 radical (unpaired) electrons. The molecule has 0 aliphatic heterocycles. The lowest BCUT2D eigenvalue weighted by Crippen LogP contribution is -2.15. The van der Waals surface area contributed by atoms with Crippen LogP contribution in [0.2, 0.25) is 0 Å². The summed E-state index contributed by atoms with van der Waals surface area (Å²) in [5.41, 5.74) is 7.85. The first kappa shape index (κ1) is 11.9. The van der Waals surface area contributed by atoms with Gasteiger partial charge in [0, 0.05) is 6.20 Å². The standard InChI is InChI=1S/C11H14N4OS/c1-3-7-11(17-15-14-7)9(12)10-8(16-2)5-4-6-13-10/h4-6,9H,3,12H2,1-2H3. The van der Waals surface area contributed by atoms with Gasteiger partial charge in [0.05, 0.1) is 23.7 Å². The summed E-state index contributed by atoms with van der Waals surface area (Å²) in [5.74, 6) is 0.690. The van der Waals surface area contributed by atoms with Crippen molar-refractivity contribution in [3.8, 4) is 5.75 Å². The molecule has 0 fully saturated rings. The van der Waals surface area contributed by atoms with Crippen molar-refractivity contribution in [1.29, 1.82) is 0 Å². The maximum Gasteiger partial charge on any atom is 0.142 e. The zero-order valence-electron chi connectivity index (χ0n) is 9.75. The quantitative estimate of drug-likeness (QED) is 0.891. The molecule has 6 heteroatoms. The van der Waals surface area contributed by atoms with E-state index in [1.54, 1.807) is 13.3 Å². The predicted molar refractivity (Wildman–Crippen MR) is 66.1 cm³/mol. The van der Waals surface area contributed by atoms with E-state index in [2.05, 4.69) is 14.6 Å². The lowest BCUT2D eigenvalue weighted by molar-refractivity contribution is 0.404. The van der Waals surface area contributed by atoms with Crippen molar-refractivity contribution in [2.75, 3.05) is 7.11 Å². The molecule has 0 spiro atoms. The number of methoxy groups -OCH3 is 1. The number of nitrogens with zero attached hydrogens (tertiary/aromatic N) is 3. The molecule has 17 heavy (non-hydrogen) atoms. The second-order valence-electron chi connectivity index (χ2n) is 3.51. The van der Waals surface area contributed by atoms with Crippen molar-refractivity contribution in [2.45, 2.75) is 19.4 Å². The molecule has 0 aliphatic carbocycles. The minimum absolute atomic E-state index is 0.332. The number of aryl methyl sites for hydroxylation is 1. The van der Waals surface area contributed by atoms with E-state index in [1.165, 1.54) is 11.5 Å². The molecular formula is C11H14N4OS. The van der Waals surface area contributed by atoms with Crippen LogP contribution in [0, 0.1) is 0 Å². The Bertz CT molecular complexity index is 500. The lowest BCUT2D eigenvalue weighted by Gasteiger charge is -2.13. The van der Waals surface area contributed by atoms with E-state index < -0.39 is 0 Å². The molecule has 0 saturated heterocycles. The van der Waals surface area contributed by atoms with Crippen LogP contribution >= 0.6 is 11.5 Å². The zero-order valence-corrected chi connectivity index (χ0v) is 10.6. The van der Waals surface area contributed by atoms with Crippen molar-refractivity contribution in [2.24, 2.45) is 5.73 Å². The van der Waals surface area contributed by atoms with Crippen molar-refractivity contribution in [3.63, 3.8) is 0 Å². The van der Waals surface area contributed by atoms with Crippen molar-refractivity contribution in [1.82, 2.24) is 14.6 Å². The largest absolute Gasteiger partial charge is 0.495 e. The van der Waals surface area contributed by atoms with Gasteiger partial charge in [-0.1, -0.05) is 11.4 Å². The molecule has 2 aromatic rings. The molecule has 1 unspecified atom stereocenters. The van der Waals surface area contributed by atoms with Crippen LogP contribution in [0.15, 0.2) is 18.3 Å². The summed E-state index contributed by atoms with van der Waals surface area (Å²) in [6.45, 7) is 2.03. The highest BCUT2D eigenvalue weighted by molar-refractivity contribution is 7.05. The summed E-state index contributed by atoms with van der Waals surface area (Å²) in [6.07, 6.45) is 2.52. The number of ether oxygens (including phenoxy) is 1. The molecule has 0 saturated carbocycles. The molecule has 0 bridgehead atoms. The number of hydrogen-bond donors (Lipinski definition) is 1. The van der Waals surface area contributed by atoms with Gasteiger partial charge in [0.25, 0.3) is 0 Å². The maximum absolute atomic E-state index is 6.20. The fourth-order valence-electron chi connectivity index (χ4n) is 1.63. The Balaban J connectivity index is 2.40. The molecule has 1 atom stereocenters. The second kappa shape index (κ2) is 5.20. The average molecular weight is 250 g/mol. The first-order valence-corrected chi connectivity index (χ1v) is 6.10. The SMILES string of the molecule is CCc1nnsc1C(N)c1ncccc1OC. The fourth-order valence-corrected chi connectivity index (χ4v) is 2.37. The third kappa shape index (κ3) is 2.27. The molecule has 0 aromatic carbocycles. The van der Waals surface area contributed by atoms with Gasteiger partial charge >= 0.3 is 0 Å². The van der Waals surface area contributed by atoms with Crippen LogP contribution in [0.5, 0.6) is 5.75 Å². The smallest absolute Gasteiger partial charge is 0.142 e. The van der Waals surface area contributed by atoms with Gasteiger partial charge in [0.15, 0.2) is 0 Å². The molecule has 5 nitrogen and oxygen atoms in total. The van der Waals surface area contributed by atoms with Crippen LogP contribution in [0.1, 0.15) is 29.2 Å². The number of rotatable bonds is 4. The van der Waals surface area contributed by atoms with E-state index in [0.29, 0.717) is 5.75 Å². The number of hydrogen-bond acceptors (Lipinski definition) is 6. The van der Waals surface area contributed by atoms with Crippen LogP contribution in [0.3, 0.4) is 0 Å². The van der Waals surface area contributed by atoms with Crippen molar-refractivity contribution < 1.29 is 4.74 Å². The minimum Gasteiger partial charge on any atom is -0.495 e. The van der Waals surface area contributed by atoms with Gasteiger partial charge in [-0.2, -0.15) is 0 Å². The van der Waals surface area contributed by atoms with Gasteiger partial charge in [-0.15, -0.1) is 5.10 Å². The van der Waals surface area contributed by atoms with Gasteiger partial charge in [-0.25, -0.2) is 0 Å². The highest BCUT2D eigenvalue weighted by atomic mass is 32.1. The lowest BCUT2D eigenvalue weighted by atomic mass is 10.1. The Morgan fingerprint density at radius 3 is 3.06 bits per heavy atom. The summed E-state index contributed by atoms with van der Waals surface area (Å²) in [6, 6.07) is 3.34. The van der Waals surface area contributed by atoms with E-state index >= 15 is 0 Å². The summed E-state index contributed by atoms with van der Waals surface area (Å²) >= 11 is 1.31. The van der Waals surface area contributed by atoms with Gasteiger partial charge < -0.3 is 10.5 Å². The third-order valence-corrected chi connectivity index (χ3v) is 3.37. The molecule has 2 heterocycles. The Hall–Kier alpha value is -1.53. The van der Waals surface area contributed by atoms with E-state index in [9.17, 15) is 0 Å². The highest BCUT2D eigenvalue weighted by Crippen LogP contribution is 2.29. The summed E-state index contributed by atoms with van der Waals surface area (Å²) in [4.78, 5) is 5.23. The maximum atomic E-state index is 6.20. The van der Waals surface area contributed by atoms with Crippen molar-refractivity contribution >= 4 is 11.5 Å². The monoisotopic (exact) mass is 250 g/mol. The Kier molecular flexibility index (Phi) is 3.65. The zero-order chi connectivity index (χ0) is 12.3. The summed E-state index contributed by atoms with van der Waals surface area (Å²) in [7, 11) is 1.61. The number of aromatic nitrogens is 3. The first-order chi connectivity index (χ1) is 8.27. The third-order valence-electron chi connectivity index (χ3n) is 2.52. The number of pyridine rings is 1. The highest BCUT2D eigenvalue weighted by Gasteiger charge is 2.20. The van der Waals surface area contributed by atoms with Crippen LogP contribution in [-0.2, 0) is 6.42 Å². The number of nitrogens with two attached hydrogens (primary N) is 1. The first-order valence-electron chi connectivity index (χ1n) is 5.33. The van der Waals surface area contributed by atoms with E-state index in [1.807, 2.05) is 19.1 Å². The Morgan fingerprint density at radius 1 is 1.53 bits per heavy atom. The summed E-state index contributed by atoms with van der Waals surface area (Å²) in [5, 5.41) is 4.06. The molecule has 90 valence electrons. The van der Waals surface area contributed by atoms with Gasteiger partial charge in [0.1, 0.15) is 11.4 Å².